The number of rotatable bonds is 6. The van der Waals surface area contributed by atoms with Crippen molar-refractivity contribution in [2.45, 2.75) is 6.54 Å². The molecule has 0 aliphatic carbocycles. The van der Waals surface area contributed by atoms with Crippen LogP contribution in [0.15, 0.2) is 81.7 Å². The molecule has 0 atom stereocenters. The molecule has 4 aromatic rings. The van der Waals surface area contributed by atoms with Gasteiger partial charge in [-0.3, -0.25) is 4.79 Å². The van der Waals surface area contributed by atoms with Crippen molar-refractivity contribution in [3.05, 3.63) is 88.4 Å². The minimum absolute atomic E-state index is 0.418. The number of anilines is 1. The quantitative estimate of drug-likeness (QED) is 0.341. The van der Waals surface area contributed by atoms with Gasteiger partial charge in [0.1, 0.15) is 11.3 Å². The second-order valence-corrected chi connectivity index (χ2v) is 8.28. The molecule has 0 unspecified atom stereocenters. The maximum atomic E-state index is 12.2. The second kappa shape index (κ2) is 8.35. The molecule has 1 aromatic heterocycles. The highest BCUT2D eigenvalue weighted by atomic mass is 79.9. The summed E-state index contributed by atoms with van der Waals surface area (Å²) in [6.45, 7) is 0.745. The lowest BCUT2D eigenvalue weighted by atomic mass is 10.0. The van der Waals surface area contributed by atoms with Gasteiger partial charge in [-0.1, -0.05) is 70.3 Å². The minimum atomic E-state index is -0.494. The standard InChI is InChI=1S/C23H19BrN2O2S/c1-29-26(14-15-7-9-17(24)10-8-15)18-11-12-19-20(13-18)28-22(21(19)23(25)27)16-5-3-2-4-6-16/h2-13H,14H2,1H3,(H2,25,27). The summed E-state index contributed by atoms with van der Waals surface area (Å²) < 4.78 is 9.34. The number of amides is 1. The van der Waals surface area contributed by atoms with Gasteiger partial charge in [-0.2, -0.15) is 0 Å². The summed E-state index contributed by atoms with van der Waals surface area (Å²) in [6, 6.07) is 23.7. The van der Waals surface area contributed by atoms with Crippen LogP contribution >= 0.6 is 27.9 Å². The van der Waals surface area contributed by atoms with E-state index in [-0.39, 0.29) is 0 Å². The van der Waals surface area contributed by atoms with Crippen LogP contribution in [0.25, 0.3) is 22.3 Å². The number of nitrogens with two attached hydrogens (primary N) is 1. The van der Waals surface area contributed by atoms with Crippen molar-refractivity contribution >= 4 is 50.4 Å². The van der Waals surface area contributed by atoms with Gasteiger partial charge < -0.3 is 14.5 Å². The first-order valence-electron chi connectivity index (χ1n) is 9.04. The van der Waals surface area contributed by atoms with Gasteiger partial charge in [0.05, 0.1) is 17.8 Å². The molecule has 0 bridgehead atoms. The number of hydrogen-bond donors (Lipinski definition) is 1. The SMILES string of the molecule is CSN(Cc1ccc(Br)cc1)c1ccc2c(C(N)=O)c(-c3ccccc3)oc2c1. The zero-order chi connectivity index (χ0) is 20.4. The third-order valence-corrected chi connectivity index (χ3v) is 6.01. The Morgan fingerprint density at radius 2 is 1.79 bits per heavy atom. The van der Waals surface area contributed by atoms with Crippen molar-refractivity contribution in [2.75, 3.05) is 10.6 Å². The molecular formula is C23H19BrN2O2S. The second-order valence-electron chi connectivity index (χ2n) is 6.56. The Hall–Kier alpha value is -2.70. The Kier molecular flexibility index (Phi) is 5.65. The number of furan rings is 1. The number of halogens is 1. The summed E-state index contributed by atoms with van der Waals surface area (Å²) in [6.07, 6.45) is 2.04. The first-order chi connectivity index (χ1) is 14.1. The summed E-state index contributed by atoms with van der Waals surface area (Å²) in [5.41, 5.74) is 9.77. The van der Waals surface area contributed by atoms with Crippen LogP contribution < -0.4 is 10.0 Å². The van der Waals surface area contributed by atoms with Gasteiger partial charge in [0, 0.05) is 27.7 Å². The van der Waals surface area contributed by atoms with Crippen LogP contribution in [0, 0.1) is 0 Å². The van der Waals surface area contributed by atoms with Crippen molar-refractivity contribution in [3.63, 3.8) is 0 Å². The van der Waals surface area contributed by atoms with Gasteiger partial charge in [0.2, 0.25) is 0 Å². The molecule has 3 aromatic carbocycles. The number of carbonyl (C=O) groups excluding carboxylic acids is 1. The third kappa shape index (κ3) is 4.04. The first kappa shape index (κ1) is 19.6. The van der Waals surface area contributed by atoms with Gasteiger partial charge in [0.15, 0.2) is 0 Å². The Bertz CT molecular complexity index is 1160. The predicted molar refractivity (Wildman–Crippen MR) is 124 cm³/mol. The molecule has 0 fully saturated rings. The summed E-state index contributed by atoms with van der Waals surface area (Å²) in [5.74, 6) is 0.0146. The Morgan fingerprint density at radius 1 is 1.07 bits per heavy atom. The largest absolute Gasteiger partial charge is 0.455 e. The Morgan fingerprint density at radius 3 is 2.45 bits per heavy atom. The summed E-state index contributed by atoms with van der Waals surface area (Å²) in [7, 11) is 0. The van der Waals surface area contributed by atoms with E-state index in [1.54, 1.807) is 11.9 Å². The number of primary amides is 1. The highest BCUT2D eigenvalue weighted by molar-refractivity contribution is 9.10. The topological polar surface area (TPSA) is 59.5 Å². The van der Waals surface area contributed by atoms with E-state index in [1.165, 1.54) is 5.56 Å². The number of benzene rings is 3. The molecule has 1 amide bonds. The van der Waals surface area contributed by atoms with Gasteiger partial charge in [-0.25, -0.2) is 0 Å². The molecular weight excluding hydrogens is 448 g/mol. The van der Waals surface area contributed by atoms with Crippen LogP contribution in [0.1, 0.15) is 15.9 Å². The van der Waals surface area contributed by atoms with Gasteiger partial charge in [-0.15, -0.1) is 0 Å². The fourth-order valence-corrected chi connectivity index (χ4v) is 4.16. The maximum Gasteiger partial charge on any atom is 0.253 e. The molecule has 2 N–H and O–H groups in total. The number of carbonyl (C=O) groups is 1. The smallest absolute Gasteiger partial charge is 0.253 e. The molecule has 0 aliphatic rings. The third-order valence-electron chi connectivity index (χ3n) is 4.70. The van der Waals surface area contributed by atoms with Crippen LogP contribution in [0.5, 0.6) is 0 Å². The molecule has 0 aliphatic heterocycles. The van der Waals surface area contributed by atoms with Crippen LogP contribution in [0.4, 0.5) is 5.69 Å². The van der Waals surface area contributed by atoms with Crippen LogP contribution in [-0.2, 0) is 6.54 Å². The maximum absolute atomic E-state index is 12.2. The van der Waals surface area contributed by atoms with Crippen LogP contribution in [-0.4, -0.2) is 12.2 Å². The summed E-state index contributed by atoms with van der Waals surface area (Å²) in [4.78, 5) is 12.2. The number of hydrogen-bond acceptors (Lipinski definition) is 4. The van der Waals surface area contributed by atoms with Gasteiger partial charge >= 0.3 is 0 Å². The Labute approximate surface area is 182 Å². The molecule has 29 heavy (non-hydrogen) atoms. The van der Waals surface area contributed by atoms with E-state index < -0.39 is 5.91 Å². The van der Waals surface area contributed by atoms with Crippen molar-refractivity contribution < 1.29 is 9.21 Å². The highest BCUT2D eigenvalue weighted by Gasteiger charge is 2.21. The van der Waals surface area contributed by atoms with E-state index in [0.717, 1.165) is 27.7 Å². The lowest BCUT2D eigenvalue weighted by Gasteiger charge is -2.21. The summed E-state index contributed by atoms with van der Waals surface area (Å²) in [5, 5.41) is 0.727. The zero-order valence-corrected chi connectivity index (χ0v) is 18.2. The predicted octanol–water partition coefficient (Wildman–Crippen LogP) is 6.25. The highest BCUT2D eigenvalue weighted by Crippen LogP contribution is 2.36. The number of fused-ring (bicyclic) bond motifs is 1. The van der Waals surface area contributed by atoms with Crippen LogP contribution in [0.3, 0.4) is 0 Å². The fraction of sp³-hybridized carbons (Fsp3) is 0.0870. The average Bonchev–Trinajstić information content (AvgIpc) is 3.13. The van der Waals surface area contributed by atoms with Crippen molar-refractivity contribution in [1.82, 2.24) is 0 Å². The molecule has 0 radical (unpaired) electrons. The van der Waals surface area contributed by atoms with E-state index in [0.29, 0.717) is 16.9 Å². The molecule has 146 valence electrons. The van der Waals surface area contributed by atoms with E-state index >= 15 is 0 Å². The molecule has 0 saturated heterocycles. The van der Waals surface area contributed by atoms with E-state index in [2.05, 4.69) is 32.4 Å². The summed E-state index contributed by atoms with van der Waals surface area (Å²) >= 11 is 5.10. The molecule has 4 rings (SSSR count). The van der Waals surface area contributed by atoms with E-state index in [9.17, 15) is 4.79 Å². The number of nitrogens with zero attached hydrogens (tertiary/aromatic N) is 1. The molecule has 0 saturated carbocycles. The van der Waals surface area contributed by atoms with Crippen molar-refractivity contribution in [2.24, 2.45) is 5.73 Å². The minimum Gasteiger partial charge on any atom is -0.455 e. The normalized spacial score (nSPS) is 11.0. The van der Waals surface area contributed by atoms with Gasteiger partial charge in [0.25, 0.3) is 5.91 Å². The van der Waals surface area contributed by atoms with Crippen molar-refractivity contribution in [1.29, 1.82) is 0 Å². The molecule has 6 heteroatoms. The molecule has 1 heterocycles. The van der Waals surface area contributed by atoms with E-state index in [1.807, 2.05) is 66.9 Å². The molecule has 0 spiro atoms. The average molecular weight is 467 g/mol. The molecule has 4 nitrogen and oxygen atoms in total. The lowest BCUT2D eigenvalue weighted by Crippen LogP contribution is -2.13. The lowest BCUT2D eigenvalue weighted by molar-refractivity contribution is 0.100. The zero-order valence-electron chi connectivity index (χ0n) is 15.8. The van der Waals surface area contributed by atoms with Gasteiger partial charge in [-0.05, 0) is 29.8 Å². The van der Waals surface area contributed by atoms with Crippen LogP contribution in [0.2, 0.25) is 0 Å². The Balaban J connectivity index is 1.75. The monoisotopic (exact) mass is 466 g/mol. The first-order valence-corrected chi connectivity index (χ1v) is 11.0. The fourth-order valence-electron chi connectivity index (χ4n) is 3.29. The van der Waals surface area contributed by atoms with E-state index in [4.69, 9.17) is 10.2 Å². The van der Waals surface area contributed by atoms with Crippen molar-refractivity contribution in [3.8, 4) is 11.3 Å².